The fourth-order valence-corrected chi connectivity index (χ4v) is 3.90. The van der Waals surface area contributed by atoms with Gasteiger partial charge in [-0.1, -0.05) is 29.8 Å². The van der Waals surface area contributed by atoms with Crippen LogP contribution in [-0.2, 0) is 21.2 Å². The van der Waals surface area contributed by atoms with E-state index in [4.69, 9.17) is 0 Å². The summed E-state index contributed by atoms with van der Waals surface area (Å²) >= 11 is 0. The highest BCUT2D eigenvalue weighted by Crippen LogP contribution is 2.15. The van der Waals surface area contributed by atoms with Gasteiger partial charge in [-0.05, 0) is 32.8 Å². The van der Waals surface area contributed by atoms with Gasteiger partial charge < -0.3 is 5.32 Å². The second-order valence-corrected chi connectivity index (χ2v) is 7.70. The minimum absolute atomic E-state index is 0.101. The van der Waals surface area contributed by atoms with Crippen LogP contribution >= 0.6 is 0 Å². The molecule has 0 aliphatic heterocycles. The second-order valence-electron chi connectivity index (χ2n) is 6.00. The Morgan fingerprint density at radius 3 is 2.40 bits per heavy atom. The number of carbonyl (C=O) groups is 1. The summed E-state index contributed by atoms with van der Waals surface area (Å²) in [7, 11) is -3.63. The Kier molecular flexibility index (Phi) is 6.33. The Hall–Kier alpha value is -2.19. The number of sulfonamides is 1. The lowest BCUT2D eigenvalue weighted by Crippen LogP contribution is -2.35. The molecular formula is C17H24N4O3S. The molecule has 1 aromatic carbocycles. The van der Waals surface area contributed by atoms with Crippen LogP contribution in [0.15, 0.2) is 29.2 Å². The molecule has 7 nitrogen and oxygen atoms in total. The molecule has 25 heavy (non-hydrogen) atoms. The molecule has 1 heterocycles. The first kappa shape index (κ1) is 19.1. The number of nitrogens with zero attached hydrogens (tertiary/aromatic N) is 1. The number of H-pyrrole nitrogens is 1. The molecule has 0 saturated carbocycles. The average Bonchev–Trinajstić information content (AvgIpc) is 2.90. The number of aromatic amines is 1. The number of hydrogen-bond donors (Lipinski definition) is 3. The largest absolute Gasteiger partial charge is 0.355 e. The second kappa shape index (κ2) is 8.26. The summed E-state index contributed by atoms with van der Waals surface area (Å²) in [5.41, 5.74) is 3.20. The maximum absolute atomic E-state index is 12.2. The minimum Gasteiger partial charge on any atom is -0.355 e. The molecule has 8 heteroatoms. The van der Waals surface area contributed by atoms with Crippen molar-refractivity contribution in [2.75, 3.05) is 13.1 Å². The number of aromatic nitrogens is 2. The Morgan fingerprint density at radius 1 is 1.12 bits per heavy atom. The van der Waals surface area contributed by atoms with Gasteiger partial charge in [0.05, 0.1) is 11.4 Å². The van der Waals surface area contributed by atoms with Crippen molar-refractivity contribution in [1.29, 1.82) is 0 Å². The lowest BCUT2D eigenvalue weighted by Gasteiger charge is -2.08. The summed E-state index contributed by atoms with van der Waals surface area (Å²) in [6.45, 7) is 5.67. The smallest absolute Gasteiger partial charge is 0.244 e. The predicted molar refractivity (Wildman–Crippen MR) is 95.8 cm³/mol. The first-order valence-electron chi connectivity index (χ1n) is 8.13. The van der Waals surface area contributed by atoms with E-state index in [2.05, 4.69) is 20.2 Å². The Labute approximate surface area is 148 Å². The van der Waals surface area contributed by atoms with Gasteiger partial charge in [0, 0.05) is 19.5 Å². The molecule has 2 aromatic rings. The molecule has 1 amide bonds. The summed E-state index contributed by atoms with van der Waals surface area (Å²) in [5, 5.41) is 9.25. The average molecular weight is 364 g/mol. The molecule has 0 aliphatic carbocycles. The van der Waals surface area contributed by atoms with Crippen LogP contribution < -0.4 is 10.0 Å². The van der Waals surface area contributed by atoms with Crippen LogP contribution in [-0.4, -0.2) is 37.6 Å². The Bertz CT molecular complexity index is 807. The molecule has 0 aliphatic rings. The third-order valence-electron chi connectivity index (χ3n) is 3.83. The summed E-state index contributed by atoms with van der Waals surface area (Å²) in [6.07, 6.45) is 1.03. The van der Waals surface area contributed by atoms with E-state index in [1.807, 2.05) is 31.2 Å². The van der Waals surface area contributed by atoms with E-state index in [-0.39, 0.29) is 23.9 Å². The predicted octanol–water partition coefficient (Wildman–Crippen LogP) is 1.36. The third kappa shape index (κ3) is 5.40. The maximum Gasteiger partial charge on any atom is 0.244 e. The number of hydrogen-bond acceptors (Lipinski definition) is 4. The van der Waals surface area contributed by atoms with Gasteiger partial charge in [-0.25, -0.2) is 13.1 Å². The van der Waals surface area contributed by atoms with Gasteiger partial charge in [-0.3, -0.25) is 9.89 Å². The monoisotopic (exact) mass is 364 g/mol. The molecule has 0 spiro atoms. The summed E-state index contributed by atoms with van der Waals surface area (Å²) in [5.74, 6) is -0.101. The zero-order chi connectivity index (χ0) is 18.4. The first-order valence-corrected chi connectivity index (χ1v) is 9.61. The number of rotatable bonds is 8. The van der Waals surface area contributed by atoms with Crippen LogP contribution in [0.3, 0.4) is 0 Å². The van der Waals surface area contributed by atoms with Crippen molar-refractivity contribution in [1.82, 2.24) is 20.2 Å². The Morgan fingerprint density at radius 2 is 1.80 bits per heavy atom. The standard InChI is InChI=1S/C17H24N4O3S/c1-12-4-6-15(7-5-12)8-9-16(22)18-10-11-19-25(23,24)17-13(2)20-21-14(17)3/h4-7,19H,8-11H2,1-3H3,(H,18,22)(H,20,21). The van der Waals surface area contributed by atoms with Crippen molar-refractivity contribution < 1.29 is 13.2 Å². The van der Waals surface area contributed by atoms with Gasteiger partial charge >= 0.3 is 0 Å². The zero-order valence-corrected chi connectivity index (χ0v) is 15.5. The van der Waals surface area contributed by atoms with E-state index >= 15 is 0 Å². The van der Waals surface area contributed by atoms with Gasteiger partial charge in [0.25, 0.3) is 0 Å². The number of benzene rings is 1. The highest BCUT2D eigenvalue weighted by atomic mass is 32.2. The van der Waals surface area contributed by atoms with E-state index in [9.17, 15) is 13.2 Å². The van der Waals surface area contributed by atoms with Crippen molar-refractivity contribution in [3.63, 3.8) is 0 Å². The van der Waals surface area contributed by atoms with E-state index in [0.29, 0.717) is 24.2 Å². The van der Waals surface area contributed by atoms with Crippen LogP contribution in [0, 0.1) is 20.8 Å². The zero-order valence-electron chi connectivity index (χ0n) is 14.7. The molecule has 0 fully saturated rings. The SMILES string of the molecule is Cc1ccc(CCC(=O)NCCNS(=O)(=O)c2c(C)n[nH]c2C)cc1. The van der Waals surface area contributed by atoms with Gasteiger partial charge in [0.2, 0.25) is 15.9 Å². The summed E-state index contributed by atoms with van der Waals surface area (Å²) < 4.78 is 26.9. The normalized spacial score (nSPS) is 11.5. The van der Waals surface area contributed by atoms with Crippen molar-refractivity contribution in [2.24, 2.45) is 0 Å². The van der Waals surface area contributed by atoms with E-state index in [1.165, 1.54) is 5.56 Å². The highest BCUT2D eigenvalue weighted by molar-refractivity contribution is 7.89. The van der Waals surface area contributed by atoms with E-state index in [0.717, 1.165) is 5.56 Å². The number of carbonyl (C=O) groups excluding carboxylic acids is 1. The van der Waals surface area contributed by atoms with Crippen LogP contribution in [0.1, 0.15) is 28.9 Å². The summed E-state index contributed by atoms with van der Waals surface area (Å²) in [4.78, 5) is 12.0. The van der Waals surface area contributed by atoms with E-state index < -0.39 is 10.0 Å². The molecule has 0 radical (unpaired) electrons. The highest BCUT2D eigenvalue weighted by Gasteiger charge is 2.21. The number of nitrogens with one attached hydrogen (secondary N) is 3. The topological polar surface area (TPSA) is 104 Å². The Balaban J connectivity index is 1.73. The van der Waals surface area contributed by atoms with Crippen molar-refractivity contribution >= 4 is 15.9 Å². The molecule has 1 aromatic heterocycles. The molecule has 3 N–H and O–H groups in total. The minimum atomic E-state index is -3.63. The maximum atomic E-state index is 12.2. The van der Waals surface area contributed by atoms with E-state index in [1.54, 1.807) is 13.8 Å². The fraction of sp³-hybridized carbons (Fsp3) is 0.412. The van der Waals surface area contributed by atoms with Crippen LogP contribution in [0.4, 0.5) is 0 Å². The lowest BCUT2D eigenvalue weighted by atomic mass is 10.1. The van der Waals surface area contributed by atoms with Crippen LogP contribution in [0.5, 0.6) is 0 Å². The van der Waals surface area contributed by atoms with Gasteiger partial charge in [-0.15, -0.1) is 0 Å². The lowest BCUT2D eigenvalue weighted by molar-refractivity contribution is -0.121. The molecule has 0 atom stereocenters. The quantitative estimate of drug-likeness (QED) is 0.615. The van der Waals surface area contributed by atoms with Crippen LogP contribution in [0.2, 0.25) is 0 Å². The van der Waals surface area contributed by atoms with Crippen molar-refractivity contribution in [3.8, 4) is 0 Å². The first-order chi connectivity index (χ1) is 11.8. The van der Waals surface area contributed by atoms with Gasteiger partial charge in [0.1, 0.15) is 4.90 Å². The molecule has 0 bridgehead atoms. The van der Waals surface area contributed by atoms with Crippen molar-refractivity contribution in [3.05, 3.63) is 46.8 Å². The van der Waals surface area contributed by atoms with Crippen molar-refractivity contribution in [2.45, 2.75) is 38.5 Å². The molecule has 0 unspecified atom stereocenters. The third-order valence-corrected chi connectivity index (χ3v) is 5.55. The number of amides is 1. The molecule has 2 rings (SSSR count). The number of aryl methyl sites for hydroxylation is 4. The molecule has 136 valence electrons. The van der Waals surface area contributed by atoms with Gasteiger partial charge in [0.15, 0.2) is 0 Å². The fourth-order valence-electron chi connectivity index (χ4n) is 2.50. The van der Waals surface area contributed by atoms with Crippen LogP contribution in [0.25, 0.3) is 0 Å². The molecule has 0 saturated heterocycles. The summed E-state index contributed by atoms with van der Waals surface area (Å²) in [6, 6.07) is 8.04. The molecular weight excluding hydrogens is 340 g/mol. The van der Waals surface area contributed by atoms with Gasteiger partial charge in [-0.2, -0.15) is 5.10 Å².